The Bertz CT molecular complexity index is 418. The molecule has 0 aliphatic carbocycles. The van der Waals surface area contributed by atoms with E-state index in [1.165, 1.54) is 0 Å². The predicted molar refractivity (Wildman–Crippen MR) is 65.6 cm³/mol. The molecule has 1 aliphatic rings. The highest BCUT2D eigenvalue weighted by molar-refractivity contribution is 6.29. The Labute approximate surface area is 104 Å². The van der Waals surface area contributed by atoms with Crippen molar-refractivity contribution in [2.45, 2.75) is 25.3 Å². The van der Waals surface area contributed by atoms with Gasteiger partial charge in [0.15, 0.2) is 0 Å². The van der Waals surface area contributed by atoms with Crippen LogP contribution in [0.5, 0.6) is 0 Å². The molecule has 4 N–H and O–H groups in total. The summed E-state index contributed by atoms with van der Waals surface area (Å²) >= 11 is 5.82. The lowest BCUT2D eigenvalue weighted by atomic mass is 10.0. The fourth-order valence-corrected chi connectivity index (χ4v) is 2.26. The Hall–Kier alpha value is -1.56. The molecule has 2 heterocycles. The Balaban J connectivity index is 2.32. The SMILES string of the molecule is NC(=O)C1CCCCN1c1cc(Cl)nc(N)n1. The molecule has 1 aromatic heterocycles. The molecule has 0 saturated carbocycles. The molecular formula is C10H14ClN5O. The van der Waals surface area contributed by atoms with Gasteiger partial charge in [0.25, 0.3) is 0 Å². The molecule has 0 aromatic carbocycles. The van der Waals surface area contributed by atoms with Crippen molar-refractivity contribution in [1.82, 2.24) is 9.97 Å². The van der Waals surface area contributed by atoms with E-state index in [0.29, 0.717) is 5.82 Å². The van der Waals surface area contributed by atoms with Crippen molar-refractivity contribution in [3.05, 3.63) is 11.2 Å². The Morgan fingerprint density at radius 3 is 2.88 bits per heavy atom. The summed E-state index contributed by atoms with van der Waals surface area (Å²) in [5.74, 6) is 0.310. The molecule has 1 aromatic rings. The van der Waals surface area contributed by atoms with Crippen molar-refractivity contribution in [1.29, 1.82) is 0 Å². The number of primary amides is 1. The number of hydrogen-bond donors (Lipinski definition) is 2. The number of nitrogens with two attached hydrogens (primary N) is 2. The fraction of sp³-hybridized carbons (Fsp3) is 0.500. The third-order valence-electron chi connectivity index (χ3n) is 2.82. The van der Waals surface area contributed by atoms with Crippen LogP contribution in [0.1, 0.15) is 19.3 Å². The smallest absolute Gasteiger partial charge is 0.240 e. The molecule has 2 rings (SSSR count). The van der Waals surface area contributed by atoms with Gasteiger partial charge in [-0.2, -0.15) is 4.98 Å². The fourth-order valence-electron chi connectivity index (χ4n) is 2.07. The summed E-state index contributed by atoms with van der Waals surface area (Å²) in [6.45, 7) is 0.723. The summed E-state index contributed by atoms with van der Waals surface area (Å²) in [7, 11) is 0. The highest BCUT2D eigenvalue weighted by atomic mass is 35.5. The average molecular weight is 256 g/mol. The maximum atomic E-state index is 11.4. The first-order chi connectivity index (χ1) is 8.08. The van der Waals surface area contributed by atoms with E-state index in [9.17, 15) is 4.79 Å². The minimum Gasteiger partial charge on any atom is -0.368 e. The topological polar surface area (TPSA) is 98.1 Å². The summed E-state index contributed by atoms with van der Waals surface area (Å²) in [6.07, 6.45) is 2.71. The van der Waals surface area contributed by atoms with Crippen molar-refractivity contribution in [2.24, 2.45) is 5.73 Å². The lowest BCUT2D eigenvalue weighted by molar-refractivity contribution is -0.119. The van der Waals surface area contributed by atoms with Crippen LogP contribution in [0.2, 0.25) is 5.15 Å². The predicted octanol–water partition coefficient (Wildman–Crippen LogP) is 0.556. The van der Waals surface area contributed by atoms with Gasteiger partial charge in [-0.05, 0) is 19.3 Å². The zero-order valence-electron chi connectivity index (χ0n) is 9.27. The van der Waals surface area contributed by atoms with Crippen molar-refractivity contribution in [2.75, 3.05) is 17.2 Å². The van der Waals surface area contributed by atoms with Crippen LogP contribution in [0.25, 0.3) is 0 Å². The molecule has 0 radical (unpaired) electrons. The standard InChI is InChI=1S/C10H14ClN5O/c11-7-5-8(15-10(13)14-7)16-4-2-1-3-6(16)9(12)17/h5-6H,1-4H2,(H2,12,17)(H2,13,14,15). The number of nitrogens with zero attached hydrogens (tertiary/aromatic N) is 3. The van der Waals surface area contributed by atoms with E-state index >= 15 is 0 Å². The van der Waals surface area contributed by atoms with Crippen LogP contribution in [0, 0.1) is 0 Å². The Morgan fingerprint density at radius 1 is 1.47 bits per heavy atom. The summed E-state index contributed by atoms with van der Waals surface area (Å²) in [4.78, 5) is 21.1. The zero-order valence-corrected chi connectivity index (χ0v) is 10.0. The number of rotatable bonds is 2. The van der Waals surface area contributed by atoms with Gasteiger partial charge in [0.2, 0.25) is 11.9 Å². The van der Waals surface area contributed by atoms with E-state index in [1.807, 2.05) is 4.90 Å². The Morgan fingerprint density at radius 2 is 2.24 bits per heavy atom. The van der Waals surface area contributed by atoms with Crippen LogP contribution >= 0.6 is 11.6 Å². The highest BCUT2D eigenvalue weighted by Crippen LogP contribution is 2.25. The number of hydrogen-bond acceptors (Lipinski definition) is 5. The van der Waals surface area contributed by atoms with Crippen LogP contribution in [-0.2, 0) is 4.79 Å². The molecule has 6 nitrogen and oxygen atoms in total. The van der Waals surface area contributed by atoms with Crippen LogP contribution in [0.4, 0.5) is 11.8 Å². The third kappa shape index (κ3) is 2.58. The summed E-state index contributed by atoms with van der Waals surface area (Å²) < 4.78 is 0. The normalized spacial score (nSPS) is 20.3. The molecule has 1 amide bonds. The van der Waals surface area contributed by atoms with Gasteiger partial charge in [0.1, 0.15) is 17.0 Å². The number of piperidine rings is 1. The molecular weight excluding hydrogens is 242 g/mol. The van der Waals surface area contributed by atoms with Crippen molar-refractivity contribution in [3.8, 4) is 0 Å². The summed E-state index contributed by atoms with van der Waals surface area (Å²) in [5, 5.41) is 0.265. The van der Waals surface area contributed by atoms with Gasteiger partial charge >= 0.3 is 0 Å². The van der Waals surface area contributed by atoms with Gasteiger partial charge in [-0.25, -0.2) is 4.98 Å². The van der Waals surface area contributed by atoms with Crippen molar-refractivity contribution < 1.29 is 4.79 Å². The highest BCUT2D eigenvalue weighted by Gasteiger charge is 2.28. The number of aromatic nitrogens is 2. The number of carbonyl (C=O) groups excluding carboxylic acids is 1. The van der Waals surface area contributed by atoms with Crippen LogP contribution < -0.4 is 16.4 Å². The van der Waals surface area contributed by atoms with E-state index in [0.717, 1.165) is 25.8 Å². The molecule has 1 unspecified atom stereocenters. The molecule has 7 heteroatoms. The van der Waals surface area contributed by atoms with Gasteiger partial charge < -0.3 is 16.4 Å². The lowest BCUT2D eigenvalue weighted by Crippen LogP contribution is -2.48. The van der Waals surface area contributed by atoms with E-state index < -0.39 is 0 Å². The zero-order chi connectivity index (χ0) is 12.4. The second kappa shape index (κ2) is 4.75. The maximum Gasteiger partial charge on any atom is 0.240 e. The van der Waals surface area contributed by atoms with Crippen LogP contribution in [0.3, 0.4) is 0 Å². The first-order valence-corrected chi connectivity index (χ1v) is 5.82. The minimum atomic E-state index is -0.349. The molecule has 1 atom stereocenters. The second-order valence-electron chi connectivity index (χ2n) is 4.01. The lowest BCUT2D eigenvalue weighted by Gasteiger charge is -2.34. The van der Waals surface area contributed by atoms with Gasteiger partial charge in [0.05, 0.1) is 0 Å². The monoisotopic (exact) mass is 255 g/mol. The maximum absolute atomic E-state index is 11.4. The van der Waals surface area contributed by atoms with E-state index in [2.05, 4.69) is 9.97 Å². The first-order valence-electron chi connectivity index (χ1n) is 5.44. The number of anilines is 2. The summed E-state index contributed by atoms with van der Waals surface area (Å²) in [6, 6.07) is 1.26. The molecule has 1 saturated heterocycles. The van der Waals surface area contributed by atoms with Gasteiger partial charge in [-0.1, -0.05) is 11.6 Å². The van der Waals surface area contributed by atoms with Crippen LogP contribution in [-0.4, -0.2) is 28.5 Å². The Kier molecular flexibility index (Phi) is 3.33. The minimum absolute atomic E-state index is 0.0984. The third-order valence-corrected chi connectivity index (χ3v) is 3.02. The van der Waals surface area contributed by atoms with Gasteiger partial charge in [-0.3, -0.25) is 4.79 Å². The molecule has 17 heavy (non-hydrogen) atoms. The van der Waals surface area contributed by atoms with E-state index in [1.54, 1.807) is 6.07 Å². The number of amides is 1. The average Bonchev–Trinajstić information content (AvgIpc) is 2.27. The van der Waals surface area contributed by atoms with E-state index in [-0.39, 0.29) is 23.1 Å². The number of nitrogen functional groups attached to an aromatic ring is 1. The largest absolute Gasteiger partial charge is 0.368 e. The van der Waals surface area contributed by atoms with Crippen molar-refractivity contribution >= 4 is 29.3 Å². The molecule has 92 valence electrons. The quantitative estimate of drug-likeness (QED) is 0.753. The van der Waals surface area contributed by atoms with Crippen LogP contribution in [0.15, 0.2) is 6.07 Å². The molecule has 0 spiro atoms. The molecule has 1 fully saturated rings. The first kappa shape index (κ1) is 11.9. The van der Waals surface area contributed by atoms with Gasteiger partial charge in [-0.15, -0.1) is 0 Å². The molecule has 0 bridgehead atoms. The molecule has 1 aliphatic heterocycles. The second-order valence-corrected chi connectivity index (χ2v) is 4.40. The van der Waals surface area contributed by atoms with Gasteiger partial charge in [0, 0.05) is 12.6 Å². The van der Waals surface area contributed by atoms with Crippen molar-refractivity contribution in [3.63, 3.8) is 0 Å². The number of halogens is 1. The van der Waals surface area contributed by atoms with E-state index in [4.69, 9.17) is 23.1 Å². The number of carbonyl (C=O) groups is 1. The summed E-state index contributed by atoms with van der Waals surface area (Å²) in [5.41, 5.74) is 10.9.